The molecule has 1 saturated carbocycles. The molecule has 0 spiro atoms. The van der Waals surface area contributed by atoms with Crippen LogP contribution in [0.2, 0.25) is 0 Å². The Balaban J connectivity index is 1.86. The van der Waals surface area contributed by atoms with Gasteiger partial charge in [0, 0.05) is 18.5 Å². The number of pyridine rings is 1. The molecule has 0 N–H and O–H groups in total. The molecule has 0 unspecified atom stereocenters. The number of imidazole rings is 1. The molecule has 2 aromatic heterocycles. The normalized spacial score (nSPS) is 15.5. The third kappa shape index (κ3) is 3.93. The molecule has 3 aromatic rings. The third-order valence-corrected chi connectivity index (χ3v) is 5.84. The van der Waals surface area contributed by atoms with Crippen molar-refractivity contribution in [1.82, 2.24) is 9.38 Å². The first-order valence-corrected chi connectivity index (χ1v) is 10.1. The Morgan fingerprint density at radius 2 is 1.87 bits per heavy atom. The summed E-state index contributed by atoms with van der Waals surface area (Å²) in [6, 6.07) is 8.99. The van der Waals surface area contributed by atoms with Crippen LogP contribution in [0.5, 0.6) is 0 Å². The summed E-state index contributed by atoms with van der Waals surface area (Å²) in [5, 5.41) is 0. The van der Waals surface area contributed by atoms with Crippen molar-refractivity contribution in [2.24, 2.45) is 0 Å². The predicted molar refractivity (Wildman–Crippen MR) is 107 cm³/mol. The van der Waals surface area contributed by atoms with Gasteiger partial charge >= 0.3 is 12.1 Å². The van der Waals surface area contributed by atoms with Gasteiger partial charge in [-0.3, -0.25) is 0 Å². The number of benzene rings is 1. The minimum absolute atomic E-state index is 0.0906. The van der Waals surface area contributed by atoms with E-state index in [1.54, 1.807) is 28.8 Å². The lowest BCUT2D eigenvalue weighted by atomic mass is 9.85. The van der Waals surface area contributed by atoms with Crippen molar-refractivity contribution in [2.45, 2.75) is 50.6 Å². The SMILES string of the molecule is COC(=O)c1ccc2nc(C3CCCCC3)c(Cc3ccccc3C(F)(F)F)n2c1. The summed E-state index contributed by atoms with van der Waals surface area (Å²) in [4.78, 5) is 16.8. The zero-order valence-electron chi connectivity index (χ0n) is 16.7. The van der Waals surface area contributed by atoms with Gasteiger partial charge in [-0.2, -0.15) is 13.2 Å². The summed E-state index contributed by atoms with van der Waals surface area (Å²) >= 11 is 0. The van der Waals surface area contributed by atoms with Gasteiger partial charge in [0.25, 0.3) is 0 Å². The first-order chi connectivity index (χ1) is 14.4. The monoisotopic (exact) mass is 416 g/mol. The number of ether oxygens (including phenoxy) is 1. The Labute approximate surface area is 172 Å². The quantitative estimate of drug-likeness (QED) is 0.507. The van der Waals surface area contributed by atoms with Crippen LogP contribution in [-0.4, -0.2) is 22.5 Å². The number of methoxy groups -OCH3 is 1. The van der Waals surface area contributed by atoms with Crippen molar-refractivity contribution in [3.05, 3.63) is 70.7 Å². The van der Waals surface area contributed by atoms with Crippen LogP contribution < -0.4 is 0 Å². The molecular formula is C23H23F3N2O2. The standard InChI is InChI=1S/C23H23F3N2O2/c1-30-22(29)17-11-12-20-27-21(15-7-3-2-4-8-15)19(28(20)14-17)13-16-9-5-6-10-18(16)23(24,25)26/h5-6,9-12,14-15H,2-4,7-8,13H2,1H3. The fourth-order valence-electron chi connectivity index (χ4n) is 4.36. The van der Waals surface area contributed by atoms with Crippen molar-refractivity contribution in [3.63, 3.8) is 0 Å². The van der Waals surface area contributed by atoms with Gasteiger partial charge in [-0.15, -0.1) is 0 Å². The maximum Gasteiger partial charge on any atom is 0.416 e. The highest BCUT2D eigenvalue weighted by atomic mass is 19.4. The number of halogens is 3. The zero-order valence-corrected chi connectivity index (χ0v) is 16.7. The second kappa shape index (κ2) is 8.13. The van der Waals surface area contributed by atoms with Gasteiger partial charge in [0.15, 0.2) is 0 Å². The van der Waals surface area contributed by atoms with Crippen molar-refractivity contribution in [3.8, 4) is 0 Å². The third-order valence-electron chi connectivity index (χ3n) is 5.84. The molecule has 0 amide bonds. The van der Waals surface area contributed by atoms with Gasteiger partial charge in [-0.25, -0.2) is 9.78 Å². The number of fused-ring (bicyclic) bond motifs is 1. The van der Waals surface area contributed by atoms with Crippen LogP contribution in [0.4, 0.5) is 13.2 Å². The first-order valence-electron chi connectivity index (χ1n) is 10.1. The van der Waals surface area contributed by atoms with E-state index in [4.69, 9.17) is 9.72 Å². The Morgan fingerprint density at radius 3 is 2.57 bits per heavy atom. The van der Waals surface area contributed by atoms with Crippen LogP contribution in [-0.2, 0) is 17.3 Å². The maximum atomic E-state index is 13.6. The molecule has 0 atom stereocenters. The van der Waals surface area contributed by atoms with Gasteiger partial charge in [0.05, 0.1) is 29.6 Å². The average Bonchev–Trinajstić information content (AvgIpc) is 3.11. The van der Waals surface area contributed by atoms with Crippen molar-refractivity contribution < 1.29 is 22.7 Å². The minimum Gasteiger partial charge on any atom is -0.465 e. The lowest BCUT2D eigenvalue weighted by molar-refractivity contribution is -0.138. The molecule has 0 aliphatic heterocycles. The molecule has 0 saturated heterocycles. The fourth-order valence-corrected chi connectivity index (χ4v) is 4.36. The smallest absolute Gasteiger partial charge is 0.416 e. The van der Waals surface area contributed by atoms with Gasteiger partial charge in [0.1, 0.15) is 5.65 Å². The zero-order chi connectivity index (χ0) is 21.3. The number of rotatable bonds is 4. The molecule has 4 rings (SSSR count). The molecule has 30 heavy (non-hydrogen) atoms. The lowest BCUT2D eigenvalue weighted by Crippen LogP contribution is -2.12. The molecular weight excluding hydrogens is 393 g/mol. The molecule has 0 radical (unpaired) electrons. The summed E-state index contributed by atoms with van der Waals surface area (Å²) < 4.78 is 47.3. The van der Waals surface area contributed by atoms with Crippen LogP contribution in [0.15, 0.2) is 42.6 Å². The topological polar surface area (TPSA) is 43.6 Å². The molecule has 7 heteroatoms. The molecule has 0 bridgehead atoms. The fraction of sp³-hybridized carbons (Fsp3) is 0.391. The Kier molecular flexibility index (Phi) is 5.54. The van der Waals surface area contributed by atoms with E-state index in [-0.39, 0.29) is 17.9 Å². The van der Waals surface area contributed by atoms with Crippen molar-refractivity contribution in [2.75, 3.05) is 7.11 Å². The van der Waals surface area contributed by atoms with Crippen LogP contribution in [0.1, 0.15) is 70.9 Å². The van der Waals surface area contributed by atoms with Crippen LogP contribution in [0.3, 0.4) is 0 Å². The minimum atomic E-state index is -4.43. The van der Waals surface area contributed by atoms with E-state index in [1.165, 1.54) is 25.7 Å². The van der Waals surface area contributed by atoms with E-state index in [9.17, 15) is 18.0 Å². The number of carbonyl (C=O) groups is 1. The number of hydrogen-bond donors (Lipinski definition) is 0. The van der Waals surface area contributed by atoms with Crippen LogP contribution in [0.25, 0.3) is 5.65 Å². The van der Waals surface area contributed by atoms with Gasteiger partial charge in [0.2, 0.25) is 0 Å². The highest BCUT2D eigenvalue weighted by Gasteiger charge is 2.34. The van der Waals surface area contributed by atoms with E-state index in [1.807, 2.05) is 0 Å². The summed E-state index contributed by atoms with van der Waals surface area (Å²) in [5.74, 6) is -0.278. The van der Waals surface area contributed by atoms with E-state index in [0.717, 1.165) is 37.4 Å². The molecule has 1 aromatic carbocycles. The summed E-state index contributed by atoms with van der Waals surface area (Å²) in [7, 11) is 1.30. The van der Waals surface area contributed by atoms with Gasteiger partial charge in [-0.05, 0) is 36.6 Å². The summed E-state index contributed by atoms with van der Waals surface area (Å²) in [6.45, 7) is 0. The van der Waals surface area contributed by atoms with Crippen molar-refractivity contribution >= 4 is 11.6 Å². The molecule has 1 aliphatic carbocycles. The predicted octanol–water partition coefficient (Wildman–Crippen LogP) is 5.78. The second-order valence-electron chi connectivity index (χ2n) is 7.75. The first kappa shape index (κ1) is 20.4. The molecule has 1 aliphatic rings. The van der Waals surface area contributed by atoms with E-state index >= 15 is 0 Å². The number of alkyl halides is 3. The molecule has 2 heterocycles. The van der Waals surface area contributed by atoms with Crippen LogP contribution >= 0.6 is 0 Å². The Bertz CT molecular complexity index is 1070. The largest absolute Gasteiger partial charge is 0.465 e. The number of nitrogens with zero attached hydrogens (tertiary/aromatic N) is 2. The highest BCUT2D eigenvalue weighted by molar-refractivity contribution is 5.89. The van der Waals surface area contributed by atoms with E-state index in [2.05, 4.69) is 0 Å². The molecule has 158 valence electrons. The molecule has 4 nitrogen and oxygen atoms in total. The number of carbonyl (C=O) groups excluding carboxylic acids is 1. The Hall–Kier alpha value is -2.83. The second-order valence-corrected chi connectivity index (χ2v) is 7.75. The highest BCUT2D eigenvalue weighted by Crippen LogP contribution is 2.37. The lowest BCUT2D eigenvalue weighted by Gasteiger charge is -2.21. The van der Waals surface area contributed by atoms with Gasteiger partial charge in [-0.1, -0.05) is 37.5 Å². The van der Waals surface area contributed by atoms with Gasteiger partial charge < -0.3 is 9.14 Å². The summed E-state index contributed by atoms with van der Waals surface area (Å²) in [5.41, 5.74) is 2.07. The van der Waals surface area contributed by atoms with E-state index in [0.29, 0.717) is 16.9 Å². The van der Waals surface area contributed by atoms with E-state index < -0.39 is 17.7 Å². The maximum absolute atomic E-state index is 13.6. The Morgan fingerprint density at radius 1 is 1.13 bits per heavy atom. The number of aromatic nitrogens is 2. The average molecular weight is 416 g/mol. The number of esters is 1. The summed E-state index contributed by atoms with van der Waals surface area (Å²) in [6.07, 6.45) is 2.57. The van der Waals surface area contributed by atoms with Crippen molar-refractivity contribution in [1.29, 1.82) is 0 Å². The molecule has 1 fully saturated rings. The number of hydrogen-bond acceptors (Lipinski definition) is 3. The van der Waals surface area contributed by atoms with Crippen LogP contribution in [0, 0.1) is 0 Å².